The van der Waals surface area contributed by atoms with Crippen LogP contribution in [0.5, 0.6) is 0 Å². The van der Waals surface area contributed by atoms with Crippen LogP contribution in [-0.2, 0) is 21.1 Å². The Morgan fingerprint density at radius 2 is 1.58 bits per heavy atom. The van der Waals surface area contributed by atoms with Gasteiger partial charge >= 0.3 is 0 Å². The van der Waals surface area contributed by atoms with Crippen LogP contribution in [0.3, 0.4) is 0 Å². The van der Waals surface area contributed by atoms with Crippen molar-refractivity contribution >= 4 is 15.7 Å². The van der Waals surface area contributed by atoms with Crippen molar-refractivity contribution in [3.05, 3.63) is 71.3 Å². The maximum absolute atomic E-state index is 13.3. The fourth-order valence-corrected chi connectivity index (χ4v) is 5.66. The minimum absolute atomic E-state index is 0.0906. The molecule has 26 heavy (non-hydrogen) atoms. The summed E-state index contributed by atoms with van der Waals surface area (Å²) in [5.41, 5.74) is 3.58. The molecule has 2 aliphatic heterocycles. The van der Waals surface area contributed by atoms with E-state index in [4.69, 9.17) is 0 Å². The molecule has 1 atom stereocenters. The van der Waals surface area contributed by atoms with Crippen LogP contribution in [0.25, 0.3) is 0 Å². The minimum atomic E-state index is -2.96. The molecule has 1 saturated heterocycles. The van der Waals surface area contributed by atoms with E-state index >= 15 is 0 Å². The van der Waals surface area contributed by atoms with Gasteiger partial charge in [-0.2, -0.15) is 0 Å². The van der Waals surface area contributed by atoms with Crippen molar-refractivity contribution in [2.24, 2.45) is 5.92 Å². The third kappa shape index (κ3) is 3.28. The Labute approximate surface area is 154 Å². The molecule has 4 rings (SSSR count). The molecule has 1 fully saturated rings. The first-order valence-electron chi connectivity index (χ1n) is 9.19. The van der Waals surface area contributed by atoms with Gasteiger partial charge in [0.1, 0.15) is 9.84 Å². The zero-order valence-electron chi connectivity index (χ0n) is 14.7. The Bertz CT molecular complexity index is 894. The highest BCUT2D eigenvalue weighted by atomic mass is 32.2. The maximum Gasteiger partial charge on any atom is 0.226 e. The fraction of sp³-hybridized carbons (Fsp3) is 0.381. The summed E-state index contributed by atoms with van der Waals surface area (Å²) in [6, 6.07) is 18.4. The molecule has 2 aromatic carbocycles. The van der Waals surface area contributed by atoms with Gasteiger partial charge in [0.25, 0.3) is 0 Å². The summed E-state index contributed by atoms with van der Waals surface area (Å²) in [6.07, 6.45) is 1.73. The molecule has 0 radical (unpaired) electrons. The molecule has 0 N–H and O–H groups in total. The number of carbonyl (C=O) groups is 1. The monoisotopic (exact) mass is 369 g/mol. The van der Waals surface area contributed by atoms with Gasteiger partial charge in [-0.3, -0.25) is 4.79 Å². The summed E-state index contributed by atoms with van der Waals surface area (Å²) in [4.78, 5) is 15.3. The molecule has 0 spiro atoms. The molecular weight excluding hydrogens is 346 g/mol. The van der Waals surface area contributed by atoms with Crippen LogP contribution in [0.2, 0.25) is 0 Å². The van der Waals surface area contributed by atoms with Crippen LogP contribution >= 0.6 is 0 Å². The van der Waals surface area contributed by atoms with Gasteiger partial charge in [0.2, 0.25) is 5.91 Å². The van der Waals surface area contributed by atoms with Crippen molar-refractivity contribution in [1.82, 2.24) is 4.90 Å². The number of fused-ring (bicyclic) bond motifs is 1. The quantitative estimate of drug-likeness (QED) is 0.818. The highest BCUT2D eigenvalue weighted by Gasteiger charge is 2.37. The Morgan fingerprint density at radius 1 is 0.923 bits per heavy atom. The lowest BCUT2D eigenvalue weighted by atomic mass is 9.86. The largest absolute Gasteiger partial charge is 0.331 e. The second-order valence-electron chi connectivity index (χ2n) is 7.22. The number of rotatable bonds is 2. The van der Waals surface area contributed by atoms with Gasteiger partial charge < -0.3 is 4.90 Å². The van der Waals surface area contributed by atoms with E-state index in [9.17, 15) is 13.2 Å². The summed E-state index contributed by atoms with van der Waals surface area (Å²) in [5, 5.41) is 0. The normalized spacial score (nSPS) is 22.6. The molecular formula is C21H23NO3S. The number of sulfone groups is 1. The van der Waals surface area contributed by atoms with Crippen LogP contribution in [0.1, 0.15) is 35.6 Å². The number of nitrogens with zero attached hydrogens (tertiary/aromatic N) is 1. The number of carbonyl (C=O) groups excluding carboxylic acids is 1. The summed E-state index contributed by atoms with van der Waals surface area (Å²) >= 11 is 0. The predicted octanol–water partition coefficient (Wildman–Crippen LogP) is 2.99. The van der Waals surface area contributed by atoms with E-state index in [-0.39, 0.29) is 29.4 Å². The minimum Gasteiger partial charge on any atom is -0.331 e. The summed E-state index contributed by atoms with van der Waals surface area (Å²) < 4.78 is 23.4. The predicted molar refractivity (Wildman–Crippen MR) is 102 cm³/mol. The van der Waals surface area contributed by atoms with Crippen molar-refractivity contribution in [1.29, 1.82) is 0 Å². The topological polar surface area (TPSA) is 54.5 Å². The number of benzene rings is 2. The summed E-state index contributed by atoms with van der Waals surface area (Å²) in [5.74, 6) is 0.173. The van der Waals surface area contributed by atoms with E-state index < -0.39 is 9.84 Å². The maximum atomic E-state index is 13.3. The lowest BCUT2D eigenvalue weighted by molar-refractivity contribution is -0.138. The Morgan fingerprint density at radius 3 is 2.31 bits per heavy atom. The van der Waals surface area contributed by atoms with Gasteiger partial charge in [0.05, 0.1) is 17.5 Å². The van der Waals surface area contributed by atoms with Crippen LogP contribution in [-0.4, -0.2) is 37.3 Å². The lowest BCUT2D eigenvalue weighted by Crippen LogP contribution is -2.45. The lowest BCUT2D eigenvalue weighted by Gasteiger charge is -2.40. The third-order valence-electron chi connectivity index (χ3n) is 5.59. The SMILES string of the molecule is O=C(C1CCS(=O)(=O)CC1)N1CCc2ccccc2[C@H]1c1ccccc1. The average molecular weight is 369 g/mol. The molecule has 1 amide bonds. The third-order valence-corrected chi connectivity index (χ3v) is 7.30. The molecule has 0 bridgehead atoms. The van der Waals surface area contributed by atoms with E-state index in [2.05, 4.69) is 24.3 Å². The van der Waals surface area contributed by atoms with Crippen LogP contribution < -0.4 is 0 Å². The molecule has 4 nitrogen and oxygen atoms in total. The molecule has 2 aromatic rings. The molecule has 5 heteroatoms. The highest BCUT2D eigenvalue weighted by Crippen LogP contribution is 2.37. The first-order chi connectivity index (χ1) is 12.6. The molecule has 2 heterocycles. The smallest absolute Gasteiger partial charge is 0.226 e. The van der Waals surface area contributed by atoms with Crippen molar-refractivity contribution in [2.75, 3.05) is 18.1 Å². The van der Waals surface area contributed by atoms with Gasteiger partial charge in [-0.05, 0) is 36.0 Å². The second-order valence-corrected chi connectivity index (χ2v) is 9.52. The van der Waals surface area contributed by atoms with Crippen molar-refractivity contribution in [2.45, 2.75) is 25.3 Å². The van der Waals surface area contributed by atoms with Gasteiger partial charge in [-0.25, -0.2) is 8.42 Å². The Balaban J connectivity index is 1.67. The zero-order valence-corrected chi connectivity index (χ0v) is 15.5. The number of hydrogen-bond acceptors (Lipinski definition) is 3. The molecule has 0 saturated carbocycles. The number of amides is 1. The van der Waals surface area contributed by atoms with Gasteiger partial charge in [-0.15, -0.1) is 0 Å². The molecule has 2 aliphatic rings. The van der Waals surface area contributed by atoms with E-state index in [1.54, 1.807) is 0 Å². The van der Waals surface area contributed by atoms with E-state index in [1.165, 1.54) is 11.1 Å². The zero-order chi connectivity index (χ0) is 18.1. The Hall–Kier alpha value is -2.14. The van der Waals surface area contributed by atoms with Crippen LogP contribution in [0.15, 0.2) is 54.6 Å². The van der Waals surface area contributed by atoms with Crippen LogP contribution in [0.4, 0.5) is 0 Å². The van der Waals surface area contributed by atoms with Gasteiger partial charge in [0, 0.05) is 12.5 Å². The van der Waals surface area contributed by atoms with Crippen molar-refractivity contribution < 1.29 is 13.2 Å². The van der Waals surface area contributed by atoms with E-state index in [0.29, 0.717) is 19.4 Å². The second kappa shape index (κ2) is 6.88. The van der Waals surface area contributed by atoms with E-state index in [1.807, 2.05) is 35.2 Å². The molecule has 0 unspecified atom stereocenters. The van der Waals surface area contributed by atoms with Crippen LogP contribution in [0, 0.1) is 5.92 Å². The summed E-state index contributed by atoms with van der Waals surface area (Å²) in [6.45, 7) is 0.679. The Kier molecular flexibility index (Phi) is 4.57. The first kappa shape index (κ1) is 17.3. The molecule has 0 aliphatic carbocycles. The van der Waals surface area contributed by atoms with Crippen molar-refractivity contribution in [3.63, 3.8) is 0 Å². The average Bonchev–Trinajstić information content (AvgIpc) is 2.67. The fourth-order valence-electron chi connectivity index (χ4n) is 4.17. The van der Waals surface area contributed by atoms with Crippen molar-refractivity contribution in [3.8, 4) is 0 Å². The molecule has 0 aromatic heterocycles. The van der Waals surface area contributed by atoms with Gasteiger partial charge in [-0.1, -0.05) is 54.6 Å². The number of hydrogen-bond donors (Lipinski definition) is 0. The van der Waals surface area contributed by atoms with Gasteiger partial charge in [0.15, 0.2) is 0 Å². The summed E-state index contributed by atoms with van der Waals surface area (Å²) in [7, 11) is -2.96. The first-order valence-corrected chi connectivity index (χ1v) is 11.0. The highest BCUT2D eigenvalue weighted by molar-refractivity contribution is 7.91. The van der Waals surface area contributed by atoms with E-state index in [0.717, 1.165) is 12.0 Å². The molecule has 136 valence electrons. The standard InChI is InChI=1S/C21H23NO3S/c23-21(18-11-14-26(24,25)15-12-18)22-13-10-16-6-4-5-9-19(16)20(22)17-7-2-1-3-8-17/h1-9,18,20H,10-15H2/t20-/m1/s1.